The molecule has 0 aliphatic rings. The summed E-state index contributed by atoms with van der Waals surface area (Å²) in [5.41, 5.74) is 2.85. The quantitative estimate of drug-likeness (QED) is 0.602. The van der Waals surface area contributed by atoms with Gasteiger partial charge in [0.15, 0.2) is 0 Å². The first-order chi connectivity index (χ1) is 11.1. The molecule has 4 nitrogen and oxygen atoms in total. The van der Waals surface area contributed by atoms with Crippen LogP contribution in [0, 0.1) is 0 Å². The second-order valence-electron chi connectivity index (χ2n) is 5.15. The number of aliphatic imine (C=N–C) groups is 1. The van der Waals surface area contributed by atoms with Gasteiger partial charge in [-0.15, -0.1) is 0 Å². The summed E-state index contributed by atoms with van der Waals surface area (Å²) in [6, 6.07) is 17.2. The van der Waals surface area contributed by atoms with E-state index in [1.165, 1.54) is 7.11 Å². The number of hydrogen-bond acceptors (Lipinski definition) is 4. The smallest absolute Gasteiger partial charge is 0.308 e. The average molecular weight is 311 g/mol. The second-order valence-corrected chi connectivity index (χ2v) is 5.15. The fourth-order valence-corrected chi connectivity index (χ4v) is 2.29. The highest BCUT2D eigenvalue weighted by Gasteiger charge is 2.16. The number of hydrogen-bond donors (Lipinski definition) is 0. The summed E-state index contributed by atoms with van der Waals surface area (Å²) in [6.45, 7) is 1.94. The molecule has 0 N–H and O–H groups in total. The predicted molar refractivity (Wildman–Crippen MR) is 91.0 cm³/mol. The van der Waals surface area contributed by atoms with Gasteiger partial charge in [-0.25, -0.2) is 0 Å². The van der Waals surface area contributed by atoms with E-state index in [1.54, 1.807) is 7.11 Å². The molecule has 2 aromatic rings. The molecule has 0 aliphatic carbocycles. The van der Waals surface area contributed by atoms with Gasteiger partial charge in [0.1, 0.15) is 5.75 Å². The van der Waals surface area contributed by atoms with Gasteiger partial charge in [-0.3, -0.25) is 9.79 Å². The Bertz CT molecular complexity index is 663. The summed E-state index contributed by atoms with van der Waals surface area (Å²) in [5, 5.41) is 0. The Hall–Kier alpha value is -2.62. The van der Waals surface area contributed by atoms with Crippen molar-refractivity contribution >= 4 is 11.7 Å². The van der Waals surface area contributed by atoms with Gasteiger partial charge in [0, 0.05) is 5.71 Å². The molecule has 1 atom stereocenters. The van der Waals surface area contributed by atoms with Gasteiger partial charge in [-0.2, -0.15) is 0 Å². The first-order valence-electron chi connectivity index (χ1n) is 7.44. The van der Waals surface area contributed by atoms with Gasteiger partial charge in [-0.05, 0) is 42.3 Å². The van der Waals surface area contributed by atoms with E-state index in [0.29, 0.717) is 0 Å². The number of ether oxygens (including phenoxy) is 2. The van der Waals surface area contributed by atoms with Gasteiger partial charge >= 0.3 is 5.97 Å². The highest BCUT2D eigenvalue weighted by atomic mass is 16.5. The van der Waals surface area contributed by atoms with Crippen LogP contribution in [-0.4, -0.2) is 25.9 Å². The molecule has 4 heteroatoms. The SMILES string of the molecule is COC(=O)C[C@H](N=C(C)c1ccc(OC)cc1)c1ccccc1. The molecule has 0 aromatic heterocycles. The number of methoxy groups -OCH3 is 2. The summed E-state index contributed by atoms with van der Waals surface area (Å²) in [6.07, 6.45) is 0.216. The molecule has 0 bridgehead atoms. The van der Waals surface area contributed by atoms with Crippen molar-refractivity contribution in [1.82, 2.24) is 0 Å². The summed E-state index contributed by atoms with van der Waals surface area (Å²) in [4.78, 5) is 16.4. The normalized spacial score (nSPS) is 12.6. The number of rotatable bonds is 6. The van der Waals surface area contributed by atoms with Crippen LogP contribution in [0.5, 0.6) is 5.75 Å². The van der Waals surface area contributed by atoms with Crippen LogP contribution in [0.1, 0.15) is 30.5 Å². The van der Waals surface area contributed by atoms with Gasteiger partial charge in [-0.1, -0.05) is 30.3 Å². The van der Waals surface area contributed by atoms with E-state index in [-0.39, 0.29) is 18.4 Å². The monoisotopic (exact) mass is 311 g/mol. The fourth-order valence-electron chi connectivity index (χ4n) is 2.29. The molecule has 0 radical (unpaired) electrons. The molecule has 0 fully saturated rings. The predicted octanol–water partition coefficient (Wildman–Crippen LogP) is 3.81. The molecule has 120 valence electrons. The van der Waals surface area contributed by atoms with Crippen LogP contribution in [-0.2, 0) is 9.53 Å². The molecule has 0 spiro atoms. The Balaban J connectivity index is 2.28. The third-order valence-corrected chi connectivity index (χ3v) is 3.63. The van der Waals surface area contributed by atoms with E-state index >= 15 is 0 Å². The van der Waals surface area contributed by atoms with Crippen molar-refractivity contribution in [3.63, 3.8) is 0 Å². The number of benzene rings is 2. The topological polar surface area (TPSA) is 47.9 Å². The van der Waals surface area contributed by atoms with Gasteiger partial charge < -0.3 is 9.47 Å². The molecule has 0 saturated carbocycles. The van der Waals surface area contributed by atoms with E-state index in [0.717, 1.165) is 22.6 Å². The third kappa shape index (κ3) is 4.68. The van der Waals surface area contributed by atoms with Crippen molar-refractivity contribution in [3.8, 4) is 5.75 Å². The summed E-state index contributed by atoms with van der Waals surface area (Å²) >= 11 is 0. The minimum absolute atomic E-state index is 0.216. The average Bonchev–Trinajstić information content (AvgIpc) is 2.61. The molecule has 0 amide bonds. The number of carbonyl (C=O) groups is 1. The standard InChI is InChI=1S/C19H21NO3/c1-14(15-9-11-17(22-2)12-10-15)20-18(13-19(21)23-3)16-7-5-4-6-8-16/h4-12,18H,13H2,1-3H3/t18-/m0/s1. The van der Waals surface area contributed by atoms with Gasteiger partial charge in [0.25, 0.3) is 0 Å². The Morgan fingerprint density at radius 3 is 2.26 bits per heavy atom. The van der Waals surface area contributed by atoms with Crippen molar-refractivity contribution in [2.75, 3.05) is 14.2 Å². The van der Waals surface area contributed by atoms with Crippen molar-refractivity contribution in [2.45, 2.75) is 19.4 Å². The molecular weight excluding hydrogens is 290 g/mol. The minimum atomic E-state index is -0.273. The van der Waals surface area contributed by atoms with Crippen molar-refractivity contribution < 1.29 is 14.3 Å². The molecular formula is C19H21NO3. The molecule has 2 rings (SSSR count). The van der Waals surface area contributed by atoms with Crippen LogP contribution in [0.25, 0.3) is 0 Å². The van der Waals surface area contributed by atoms with Crippen molar-refractivity contribution in [3.05, 3.63) is 65.7 Å². The molecule has 23 heavy (non-hydrogen) atoms. The Labute approximate surface area is 136 Å². The number of carbonyl (C=O) groups excluding carboxylic acids is 1. The third-order valence-electron chi connectivity index (χ3n) is 3.63. The highest BCUT2D eigenvalue weighted by Crippen LogP contribution is 2.23. The van der Waals surface area contributed by atoms with Crippen LogP contribution in [0.2, 0.25) is 0 Å². The maximum Gasteiger partial charge on any atom is 0.308 e. The lowest BCUT2D eigenvalue weighted by molar-refractivity contribution is -0.141. The lowest BCUT2D eigenvalue weighted by atomic mass is 10.0. The van der Waals surface area contributed by atoms with Crippen molar-refractivity contribution in [1.29, 1.82) is 0 Å². The van der Waals surface area contributed by atoms with Gasteiger partial charge in [0.2, 0.25) is 0 Å². The maximum atomic E-state index is 11.7. The van der Waals surface area contributed by atoms with E-state index in [4.69, 9.17) is 14.5 Å². The van der Waals surface area contributed by atoms with E-state index < -0.39 is 0 Å². The van der Waals surface area contributed by atoms with E-state index in [9.17, 15) is 4.79 Å². The summed E-state index contributed by atoms with van der Waals surface area (Å²) < 4.78 is 9.96. The highest BCUT2D eigenvalue weighted by molar-refractivity contribution is 5.99. The zero-order valence-electron chi connectivity index (χ0n) is 13.7. The Morgan fingerprint density at radius 1 is 1.04 bits per heavy atom. The first-order valence-corrected chi connectivity index (χ1v) is 7.44. The fraction of sp³-hybridized carbons (Fsp3) is 0.263. The molecule has 2 aromatic carbocycles. The second kappa shape index (κ2) is 8.13. The molecule has 0 saturated heterocycles. The number of nitrogens with zero attached hydrogens (tertiary/aromatic N) is 1. The molecule has 0 heterocycles. The Kier molecular flexibility index (Phi) is 5.92. The van der Waals surface area contributed by atoms with E-state index in [1.807, 2.05) is 61.5 Å². The lowest BCUT2D eigenvalue weighted by Crippen LogP contribution is -2.09. The van der Waals surface area contributed by atoms with Crippen LogP contribution >= 0.6 is 0 Å². The molecule has 0 aliphatic heterocycles. The van der Waals surface area contributed by atoms with E-state index in [2.05, 4.69) is 0 Å². The first kappa shape index (κ1) is 16.7. The maximum absolute atomic E-state index is 11.7. The van der Waals surface area contributed by atoms with Crippen LogP contribution in [0.4, 0.5) is 0 Å². The zero-order chi connectivity index (χ0) is 16.7. The number of esters is 1. The van der Waals surface area contributed by atoms with Crippen molar-refractivity contribution in [2.24, 2.45) is 4.99 Å². The van der Waals surface area contributed by atoms with Crippen LogP contribution in [0.15, 0.2) is 59.6 Å². The van der Waals surface area contributed by atoms with Gasteiger partial charge in [0.05, 0.1) is 26.7 Å². The summed E-state index contributed by atoms with van der Waals surface area (Å²) in [5.74, 6) is 0.529. The zero-order valence-corrected chi connectivity index (χ0v) is 13.7. The molecule has 0 unspecified atom stereocenters. The largest absolute Gasteiger partial charge is 0.497 e. The summed E-state index contributed by atoms with van der Waals surface area (Å²) in [7, 11) is 3.03. The lowest BCUT2D eigenvalue weighted by Gasteiger charge is -2.14. The minimum Gasteiger partial charge on any atom is -0.497 e. The van der Waals surface area contributed by atoms with Crippen LogP contribution < -0.4 is 4.74 Å². The Morgan fingerprint density at radius 2 is 1.70 bits per heavy atom. The van der Waals surface area contributed by atoms with Crippen LogP contribution in [0.3, 0.4) is 0 Å².